The number of likely N-dealkylation sites (N-methyl/N-ethyl adjacent to an activating group) is 2. The van der Waals surface area contributed by atoms with E-state index in [-0.39, 0.29) is 5.91 Å². The summed E-state index contributed by atoms with van der Waals surface area (Å²) in [5.74, 6) is 0.162. The zero-order valence-electron chi connectivity index (χ0n) is 9.01. The molecule has 3 heteroatoms. The van der Waals surface area contributed by atoms with Crippen molar-refractivity contribution in [1.82, 2.24) is 9.80 Å². The van der Waals surface area contributed by atoms with Crippen LogP contribution >= 0.6 is 0 Å². The Labute approximate surface area is 75.3 Å². The van der Waals surface area contributed by atoms with Crippen LogP contribution in [0.25, 0.3) is 0 Å². The van der Waals surface area contributed by atoms with Crippen molar-refractivity contribution in [2.45, 2.75) is 26.3 Å². The van der Waals surface area contributed by atoms with Crippen LogP contribution in [0.1, 0.15) is 20.8 Å². The van der Waals surface area contributed by atoms with Gasteiger partial charge in [-0.1, -0.05) is 0 Å². The number of rotatable bonds is 3. The lowest BCUT2D eigenvalue weighted by Crippen LogP contribution is -2.52. The number of amides is 1. The van der Waals surface area contributed by atoms with Crippen LogP contribution in [0.5, 0.6) is 0 Å². The molecule has 3 nitrogen and oxygen atoms in total. The highest BCUT2D eigenvalue weighted by atomic mass is 16.2. The average Bonchev–Trinajstić information content (AvgIpc) is 2.01. The predicted molar refractivity (Wildman–Crippen MR) is 51.1 cm³/mol. The van der Waals surface area contributed by atoms with Gasteiger partial charge in [0.2, 0.25) is 5.91 Å². The van der Waals surface area contributed by atoms with E-state index in [4.69, 9.17) is 0 Å². The number of hydrogen-bond donors (Lipinski definition) is 0. The summed E-state index contributed by atoms with van der Waals surface area (Å²) >= 11 is 0. The van der Waals surface area contributed by atoms with Crippen LogP contribution in [0.4, 0.5) is 0 Å². The zero-order chi connectivity index (χ0) is 9.94. The highest BCUT2D eigenvalue weighted by molar-refractivity contribution is 5.85. The number of carbonyl (C=O) groups is 1. The van der Waals surface area contributed by atoms with Gasteiger partial charge < -0.3 is 4.90 Å². The van der Waals surface area contributed by atoms with Gasteiger partial charge in [0.15, 0.2) is 0 Å². The second-order valence-corrected chi connectivity index (χ2v) is 3.77. The van der Waals surface area contributed by atoms with E-state index >= 15 is 0 Å². The van der Waals surface area contributed by atoms with Crippen molar-refractivity contribution in [2.24, 2.45) is 0 Å². The smallest absolute Gasteiger partial charge is 0.242 e. The molecule has 0 saturated heterocycles. The van der Waals surface area contributed by atoms with Crippen molar-refractivity contribution >= 4 is 5.91 Å². The molecule has 0 atom stereocenters. The van der Waals surface area contributed by atoms with Gasteiger partial charge in [-0.15, -0.1) is 0 Å². The molecule has 0 aliphatic rings. The first kappa shape index (κ1) is 11.4. The van der Waals surface area contributed by atoms with Gasteiger partial charge in [-0.2, -0.15) is 0 Å². The van der Waals surface area contributed by atoms with Crippen LogP contribution in [-0.4, -0.2) is 48.9 Å². The fourth-order valence-corrected chi connectivity index (χ4v) is 0.802. The lowest BCUT2D eigenvalue weighted by molar-refractivity contribution is -0.139. The van der Waals surface area contributed by atoms with E-state index in [0.29, 0.717) is 0 Å². The maximum atomic E-state index is 11.7. The lowest BCUT2D eigenvalue weighted by atomic mass is 10.0. The third-order valence-corrected chi connectivity index (χ3v) is 2.46. The number of carbonyl (C=O) groups excluding carboxylic acids is 1. The maximum absolute atomic E-state index is 11.7. The van der Waals surface area contributed by atoms with Gasteiger partial charge >= 0.3 is 0 Å². The third-order valence-electron chi connectivity index (χ3n) is 2.46. The van der Waals surface area contributed by atoms with E-state index < -0.39 is 5.54 Å². The van der Waals surface area contributed by atoms with E-state index in [0.717, 1.165) is 6.54 Å². The largest absolute Gasteiger partial charge is 0.344 e. The van der Waals surface area contributed by atoms with E-state index in [9.17, 15) is 4.79 Å². The molecule has 0 saturated carbocycles. The SMILES string of the molecule is CCN(C)C(=O)C(C)(C)N(C)C. The molecule has 0 aromatic rings. The van der Waals surface area contributed by atoms with Crippen LogP contribution in [0.2, 0.25) is 0 Å². The van der Waals surface area contributed by atoms with Crippen LogP contribution in [0.3, 0.4) is 0 Å². The molecule has 0 rings (SSSR count). The number of hydrogen-bond acceptors (Lipinski definition) is 2. The van der Waals surface area contributed by atoms with Gasteiger partial charge in [-0.05, 0) is 34.9 Å². The monoisotopic (exact) mass is 172 g/mol. The summed E-state index contributed by atoms with van der Waals surface area (Å²) in [6.45, 7) is 6.60. The number of nitrogens with zero attached hydrogens (tertiary/aromatic N) is 2. The normalized spacial score (nSPS) is 11.9. The van der Waals surface area contributed by atoms with Gasteiger partial charge in [0, 0.05) is 13.6 Å². The van der Waals surface area contributed by atoms with E-state index in [1.165, 1.54) is 0 Å². The molecule has 0 heterocycles. The summed E-state index contributed by atoms with van der Waals surface area (Å²) in [6, 6.07) is 0. The van der Waals surface area contributed by atoms with Gasteiger partial charge in [-0.3, -0.25) is 9.69 Å². The zero-order valence-corrected chi connectivity index (χ0v) is 9.01. The lowest BCUT2D eigenvalue weighted by Gasteiger charge is -2.34. The summed E-state index contributed by atoms with van der Waals surface area (Å²) in [4.78, 5) is 15.4. The first-order valence-electron chi connectivity index (χ1n) is 4.27. The highest BCUT2D eigenvalue weighted by Gasteiger charge is 2.31. The minimum atomic E-state index is -0.398. The maximum Gasteiger partial charge on any atom is 0.242 e. The first-order valence-corrected chi connectivity index (χ1v) is 4.27. The molecule has 12 heavy (non-hydrogen) atoms. The highest BCUT2D eigenvalue weighted by Crippen LogP contribution is 2.12. The Hall–Kier alpha value is -0.570. The Kier molecular flexibility index (Phi) is 3.71. The Balaban J connectivity index is 4.46. The Morgan fingerprint density at radius 2 is 1.67 bits per heavy atom. The van der Waals surface area contributed by atoms with Gasteiger partial charge in [0.1, 0.15) is 0 Å². The van der Waals surface area contributed by atoms with Gasteiger partial charge in [0.25, 0.3) is 0 Å². The molecule has 0 fully saturated rings. The van der Waals surface area contributed by atoms with Crippen LogP contribution in [-0.2, 0) is 4.79 Å². The average molecular weight is 172 g/mol. The van der Waals surface area contributed by atoms with Crippen LogP contribution < -0.4 is 0 Å². The molecule has 1 amide bonds. The summed E-state index contributed by atoms with van der Waals surface area (Å²) in [7, 11) is 5.66. The standard InChI is InChI=1S/C9H20N2O/c1-7-11(6)8(12)9(2,3)10(4)5/h7H2,1-6H3. The van der Waals surface area contributed by atoms with Crippen molar-refractivity contribution in [2.75, 3.05) is 27.7 Å². The molecule has 0 bridgehead atoms. The third kappa shape index (κ3) is 2.21. The fourth-order valence-electron chi connectivity index (χ4n) is 0.802. The Morgan fingerprint density at radius 3 is 1.92 bits per heavy atom. The van der Waals surface area contributed by atoms with Crippen molar-refractivity contribution in [3.63, 3.8) is 0 Å². The van der Waals surface area contributed by atoms with Gasteiger partial charge in [0.05, 0.1) is 5.54 Å². The van der Waals surface area contributed by atoms with Gasteiger partial charge in [-0.25, -0.2) is 0 Å². The molecular weight excluding hydrogens is 152 g/mol. The summed E-state index contributed by atoms with van der Waals surface area (Å²) in [5.41, 5.74) is -0.398. The fraction of sp³-hybridized carbons (Fsp3) is 0.889. The van der Waals surface area contributed by atoms with E-state index in [2.05, 4.69) is 0 Å². The Morgan fingerprint density at radius 1 is 1.25 bits per heavy atom. The molecule has 0 aromatic heterocycles. The first-order chi connectivity index (χ1) is 5.34. The summed E-state index contributed by atoms with van der Waals surface area (Å²) in [5, 5.41) is 0. The second-order valence-electron chi connectivity index (χ2n) is 3.77. The van der Waals surface area contributed by atoms with Crippen molar-refractivity contribution in [1.29, 1.82) is 0 Å². The summed E-state index contributed by atoms with van der Waals surface area (Å²) in [6.07, 6.45) is 0. The van der Waals surface area contributed by atoms with Crippen molar-refractivity contribution in [3.05, 3.63) is 0 Å². The Bertz CT molecular complexity index is 164. The molecule has 0 N–H and O–H groups in total. The van der Waals surface area contributed by atoms with Crippen molar-refractivity contribution in [3.8, 4) is 0 Å². The minimum Gasteiger partial charge on any atom is -0.344 e. The topological polar surface area (TPSA) is 23.6 Å². The molecule has 0 spiro atoms. The molecule has 0 radical (unpaired) electrons. The van der Waals surface area contributed by atoms with E-state index in [1.807, 2.05) is 46.8 Å². The predicted octanol–water partition coefficient (Wildman–Crippen LogP) is 0.805. The molecule has 0 aliphatic carbocycles. The van der Waals surface area contributed by atoms with Crippen LogP contribution in [0.15, 0.2) is 0 Å². The second kappa shape index (κ2) is 3.90. The molecule has 72 valence electrons. The minimum absolute atomic E-state index is 0.162. The molecular formula is C9H20N2O. The molecule has 0 aromatic carbocycles. The quantitative estimate of drug-likeness (QED) is 0.629. The van der Waals surface area contributed by atoms with Crippen molar-refractivity contribution < 1.29 is 4.79 Å². The van der Waals surface area contributed by atoms with E-state index in [1.54, 1.807) is 4.90 Å². The summed E-state index contributed by atoms with van der Waals surface area (Å²) < 4.78 is 0. The van der Waals surface area contributed by atoms with Crippen LogP contribution in [0, 0.1) is 0 Å². The molecule has 0 aliphatic heterocycles. The molecule has 0 unspecified atom stereocenters.